The van der Waals surface area contributed by atoms with Crippen LogP contribution in [0.3, 0.4) is 0 Å². The fourth-order valence-electron chi connectivity index (χ4n) is 1.88. The van der Waals surface area contributed by atoms with Crippen LogP contribution in [0.4, 0.5) is 0 Å². The van der Waals surface area contributed by atoms with Crippen molar-refractivity contribution >= 4 is 5.91 Å². The molecule has 1 saturated heterocycles. The molecule has 1 heterocycles. The van der Waals surface area contributed by atoms with Gasteiger partial charge in [-0.1, -0.05) is 13.8 Å². The summed E-state index contributed by atoms with van der Waals surface area (Å²) < 4.78 is 5.52. The van der Waals surface area contributed by atoms with Crippen molar-refractivity contribution in [1.82, 2.24) is 4.90 Å². The summed E-state index contributed by atoms with van der Waals surface area (Å²) in [5, 5.41) is 8.58. The van der Waals surface area contributed by atoms with Crippen LogP contribution in [0.5, 0.6) is 0 Å². The van der Waals surface area contributed by atoms with Crippen molar-refractivity contribution in [1.29, 1.82) is 5.26 Å². The molecule has 16 heavy (non-hydrogen) atoms. The molecule has 0 aromatic rings. The zero-order chi connectivity index (χ0) is 12.0. The van der Waals surface area contributed by atoms with Crippen molar-refractivity contribution in [2.75, 3.05) is 19.7 Å². The van der Waals surface area contributed by atoms with E-state index in [9.17, 15) is 4.79 Å². The largest absolute Gasteiger partial charge is 0.376 e. The average Bonchev–Trinajstić information content (AvgIpc) is 2.75. The summed E-state index contributed by atoms with van der Waals surface area (Å²) in [7, 11) is 0. The first kappa shape index (κ1) is 13.0. The maximum absolute atomic E-state index is 11.9. The van der Waals surface area contributed by atoms with Crippen LogP contribution in [0.15, 0.2) is 0 Å². The highest BCUT2D eigenvalue weighted by atomic mass is 16.5. The number of carbonyl (C=O) groups excluding carboxylic acids is 1. The van der Waals surface area contributed by atoms with E-state index in [0.717, 1.165) is 19.4 Å². The normalized spacial score (nSPS) is 19.8. The zero-order valence-electron chi connectivity index (χ0n) is 10.1. The maximum Gasteiger partial charge on any atom is 0.225 e. The summed E-state index contributed by atoms with van der Waals surface area (Å²) >= 11 is 0. The van der Waals surface area contributed by atoms with Gasteiger partial charge in [0.15, 0.2) is 0 Å². The van der Waals surface area contributed by atoms with Gasteiger partial charge in [-0.25, -0.2) is 0 Å². The van der Waals surface area contributed by atoms with Crippen molar-refractivity contribution < 1.29 is 9.53 Å². The van der Waals surface area contributed by atoms with Crippen LogP contribution < -0.4 is 0 Å². The summed E-state index contributed by atoms with van der Waals surface area (Å²) in [6, 6.07) is 2.08. The van der Waals surface area contributed by atoms with Gasteiger partial charge in [0.1, 0.15) is 0 Å². The van der Waals surface area contributed by atoms with Gasteiger partial charge in [-0.05, 0) is 12.8 Å². The summed E-state index contributed by atoms with van der Waals surface area (Å²) in [6.45, 7) is 5.73. The molecule has 0 aliphatic carbocycles. The average molecular weight is 224 g/mol. The number of carbonyl (C=O) groups is 1. The monoisotopic (exact) mass is 224 g/mol. The molecule has 0 saturated carbocycles. The molecule has 1 unspecified atom stereocenters. The van der Waals surface area contributed by atoms with Crippen molar-refractivity contribution in [2.45, 2.75) is 39.2 Å². The molecule has 0 radical (unpaired) electrons. The second-order valence-corrected chi connectivity index (χ2v) is 4.48. The van der Waals surface area contributed by atoms with Crippen LogP contribution in [0, 0.1) is 17.2 Å². The van der Waals surface area contributed by atoms with Gasteiger partial charge in [0.25, 0.3) is 0 Å². The Balaban J connectivity index is 2.48. The topological polar surface area (TPSA) is 53.3 Å². The maximum atomic E-state index is 11.9. The first-order valence-corrected chi connectivity index (χ1v) is 5.92. The first-order chi connectivity index (χ1) is 7.65. The highest BCUT2D eigenvalue weighted by Crippen LogP contribution is 2.14. The van der Waals surface area contributed by atoms with Crippen molar-refractivity contribution in [2.24, 2.45) is 5.92 Å². The van der Waals surface area contributed by atoms with E-state index in [-0.39, 0.29) is 17.9 Å². The standard InChI is InChI=1S/C12H20N2O2/c1-10(2)12(15)14(7-4-6-13)9-11-5-3-8-16-11/h10-11H,3-5,7-9H2,1-2H3. The summed E-state index contributed by atoms with van der Waals surface area (Å²) in [5.74, 6) is 0.103. The quantitative estimate of drug-likeness (QED) is 0.712. The van der Waals surface area contributed by atoms with E-state index in [0.29, 0.717) is 19.5 Å². The molecule has 1 aliphatic heterocycles. The molecule has 0 N–H and O–H groups in total. The number of nitriles is 1. The predicted molar refractivity (Wildman–Crippen MR) is 60.6 cm³/mol. The van der Waals surface area contributed by atoms with E-state index in [1.807, 2.05) is 13.8 Å². The van der Waals surface area contributed by atoms with E-state index >= 15 is 0 Å². The van der Waals surface area contributed by atoms with E-state index in [4.69, 9.17) is 10.00 Å². The minimum absolute atomic E-state index is 0.0138. The minimum Gasteiger partial charge on any atom is -0.376 e. The summed E-state index contributed by atoms with van der Waals surface area (Å²) in [4.78, 5) is 13.7. The fraction of sp³-hybridized carbons (Fsp3) is 0.833. The fourth-order valence-corrected chi connectivity index (χ4v) is 1.88. The Morgan fingerprint density at radius 1 is 1.62 bits per heavy atom. The van der Waals surface area contributed by atoms with Crippen molar-refractivity contribution in [3.63, 3.8) is 0 Å². The summed E-state index contributed by atoms with van der Waals surface area (Å²) in [5.41, 5.74) is 0. The third-order valence-electron chi connectivity index (χ3n) is 2.75. The Kier molecular flexibility index (Phi) is 5.27. The number of hydrogen-bond donors (Lipinski definition) is 0. The highest BCUT2D eigenvalue weighted by Gasteiger charge is 2.23. The lowest BCUT2D eigenvalue weighted by atomic mass is 10.1. The van der Waals surface area contributed by atoms with Crippen LogP contribution in [-0.2, 0) is 9.53 Å². The van der Waals surface area contributed by atoms with Gasteiger partial charge in [-0.2, -0.15) is 5.26 Å². The molecular weight excluding hydrogens is 204 g/mol. The van der Waals surface area contributed by atoms with Gasteiger partial charge in [0, 0.05) is 25.6 Å². The van der Waals surface area contributed by atoms with Crippen LogP contribution in [0.2, 0.25) is 0 Å². The molecule has 0 spiro atoms. The lowest BCUT2D eigenvalue weighted by Crippen LogP contribution is -2.40. The molecule has 1 atom stereocenters. The second kappa shape index (κ2) is 6.49. The molecule has 0 aromatic carbocycles. The van der Waals surface area contributed by atoms with Gasteiger partial charge in [-0.3, -0.25) is 4.79 Å². The van der Waals surface area contributed by atoms with Gasteiger partial charge in [-0.15, -0.1) is 0 Å². The van der Waals surface area contributed by atoms with Crippen LogP contribution in [0.25, 0.3) is 0 Å². The molecule has 1 amide bonds. The Bertz CT molecular complexity index is 265. The molecule has 4 heteroatoms. The minimum atomic E-state index is -0.0138. The number of amides is 1. The molecule has 4 nitrogen and oxygen atoms in total. The Labute approximate surface area is 97.2 Å². The number of ether oxygens (including phenoxy) is 1. The van der Waals surface area contributed by atoms with Gasteiger partial charge >= 0.3 is 0 Å². The molecule has 0 bridgehead atoms. The molecule has 0 aromatic heterocycles. The lowest BCUT2D eigenvalue weighted by molar-refractivity contribution is -0.135. The van der Waals surface area contributed by atoms with E-state index in [1.54, 1.807) is 4.90 Å². The Hall–Kier alpha value is -1.08. The number of hydrogen-bond acceptors (Lipinski definition) is 3. The van der Waals surface area contributed by atoms with Gasteiger partial charge < -0.3 is 9.64 Å². The Morgan fingerprint density at radius 3 is 2.88 bits per heavy atom. The second-order valence-electron chi connectivity index (χ2n) is 4.48. The molecule has 1 rings (SSSR count). The number of nitrogens with zero attached hydrogens (tertiary/aromatic N) is 2. The predicted octanol–water partition coefficient (Wildman–Crippen LogP) is 1.56. The smallest absolute Gasteiger partial charge is 0.225 e. The van der Waals surface area contributed by atoms with Crippen LogP contribution >= 0.6 is 0 Å². The molecule has 90 valence electrons. The van der Waals surface area contributed by atoms with Crippen molar-refractivity contribution in [3.8, 4) is 6.07 Å². The summed E-state index contributed by atoms with van der Waals surface area (Å²) in [6.07, 6.45) is 2.66. The van der Waals surface area contributed by atoms with Gasteiger partial charge in [0.05, 0.1) is 18.6 Å². The number of rotatable bonds is 5. The third kappa shape index (κ3) is 3.82. The van der Waals surface area contributed by atoms with E-state index < -0.39 is 0 Å². The molecule has 1 fully saturated rings. The van der Waals surface area contributed by atoms with Crippen LogP contribution in [-0.4, -0.2) is 36.6 Å². The lowest BCUT2D eigenvalue weighted by Gasteiger charge is -2.26. The van der Waals surface area contributed by atoms with E-state index in [2.05, 4.69) is 6.07 Å². The molecule has 1 aliphatic rings. The molecular formula is C12H20N2O2. The highest BCUT2D eigenvalue weighted by molar-refractivity contribution is 5.78. The first-order valence-electron chi connectivity index (χ1n) is 5.92. The Morgan fingerprint density at radius 2 is 2.38 bits per heavy atom. The van der Waals surface area contributed by atoms with Crippen LogP contribution in [0.1, 0.15) is 33.1 Å². The van der Waals surface area contributed by atoms with Crippen molar-refractivity contribution in [3.05, 3.63) is 0 Å². The van der Waals surface area contributed by atoms with Gasteiger partial charge in [0.2, 0.25) is 5.91 Å². The zero-order valence-corrected chi connectivity index (χ0v) is 10.1. The van der Waals surface area contributed by atoms with E-state index in [1.165, 1.54) is 0 Å². The SMILES string of the molecule is CC(C)C(=O)N(CCC#N)CC1CCCO1. The third-order valence-corrected chi connectivity index (χ3v) is 2.75.